The maximum Gasteiger partial charge on any atom is 0.257 e. The zero-order valence-corrected chi connectivity index (χ0v) is 12.4. The zero-order valence-electron chi connectivity index (χ0n) is 12.4. The van der Waals surface area contributed by atoms with Crippen LogP contribution in [0, 0.1) is 5.92 Å². The standard InChI is InChI=1S/C16H22N2O3/c1-11(17)12-5-7-18(8-6-12)16(19)13-3-2-4-14-15(13)21-10-9-20-14/h2-4,11-12H,5-10,17H2,1H3. The lowest BCUT2D eigenvalue weighted by Gasteiger charge is -2.34. The van der Waals surface area contributed by atoms with E-state index in [2.05, 4.69) is 0 Å². The number of fused-ring (bicyclic) bond motifs is 1. The van der Waals surface area contributed by atoms with Crippen molar-refractivity contribution >= 4 is 5.91 Å². The predicted molar refractivity (Wildman–Crippen MR) is 79.7 cm³/mol. The number of carbonyl (C=O) groups excluding carboxylic acids is 1. The summed E-state index contributed by atoms with van der Waals surface area (Å²) < 4.78 is 11.2. The number of benzene rings is 1. The molecule has 2 heterocycles. The van der Waals surface area contributed by atoms with Crippen LogP contribution < -0.4 is 15.2 Å². The number of rotatable bonds is 2. The number of amides is 1. The molecule has 1 unspecified atom stereocenters. The van der Waals surface area contributed by atoms with E-state index in [1.165, 1.54) is 0 Å². The van der Waals surface area contributed by atoms with Gasteiger partial charge in [-0.1, -0.05) is 6.07 Å². The van der Waals surface area contributed by atoms with Gasteiger partial charge in [0, 0.05) is 19.1 Å². The average Bonchev–Trinajstić information content (AvgIpc) is 2.53. The largest absolute Gasteiger partial charge is 0.486 e. The molecular weight excluding hydrogens is 268 g/mol. The van der Waals surface area contributed by atoms with Crippen molar-refractivity contribution in [1.82, 2.24) is 4.90 Å². The normalized spacial score (nSPS) is 20.2. The summed E-state index contributed by atoms with van der Waals surface area (Å²) in [6.45, 7) is 4.58. The van der Waals surface area contributed by atoms with E-state index in [9.17, 15) is 4.79 Å². The number of ether oxygens (including phenoxy) is 2. The smallest absolute Gasteiger partial charge is 0.257 e. The lowest BCUT2D eigenvalue weighted by atomic mass is 9.90. The minimum Gasteiger partial charge on any atom is -0.486 e. The van der Waals surface area contributed by atoms with Crippen molar-refractivity contribution in [2.75, 3.05) is 26.3 Å². The summed E-state index contributed by atoms with van der Waals surface area (Å²) in [6, 6.07) is 5.69. The summed E-state index contributed by atoms with van der Waals surface area (Å²) in [5.74, 6) is 1.79. The number of carbonyl (C=O) groups is 1. The fraction of sp³-hybridized carbons (Fsp3) is 0.562. The van der Waals surface area contributed by atoms with Crippen molar-refractivity contribution in [2.45, 2.75) is 25.8 Å². The van der Waals surface area contributed by atoms with Crippen LogP contribution in [0.4, 0.5) is 0 Å². The third kappa shape index (κ3) is 2.83. The summed E-state index contributed by atoms with van der Waals surface area (Å²) in [4.78, 5) is 14.6. The molecule has 0 aliphatic carbocycles. The molecule has 2 N–H and O–H groups in total. The highest BCUT2D eigenvalue weighted by Gasteiger charge is 2.28. The summed E-state index contributed by atoms with van der Waals surface area (Å²) in [7, 11) is 0. The highest BCUT2D eigenvalue weighted by Crippen LogP contribution is 2.34. The molecule has 5 heteroatoms. The summed E-state index contributed by atoms with van der Waals surface area (Å²) >= 11 is 0. The fourth-order valence-electron chi connectivity index (χ4n) is 3.04. The van der Waals surface area contributed by atoms with E-state index in [4.69, 9.17) is 15.2 Å². The Balaban J connectivity index is 1.75. The van der Waals surface area contributed by atoms with Gasteiger partial charge >= 0.3 is 0 Å². The van der Waals surface area contributed by atoms with E-state index in [1.54, 1.807) is 0 Å². The second-order valence-corrected chi connectivity index (χ2v) is 5.82. The molecule has 3 rings (SSSR count). The van der Waals surface area contributed by atoms with Gasteiger partial charge in [0.05, 0.1) is 5.56 Å². The lowest BCUT2D eigenvalue weighted by Crippen LogP contribution is -2.42. The molecular formula is C16H22N2O3. The van der Waals surface area contributed by atoms with Crippen LogP contribution in [0.5, 0.6) is 11.5 Å². The minimum atomic E-state index is 0.0282. The van der Waals surface area contributed by atoms with Gasteiger partial charge < -0.3 is 20.1 Å². The van der Waals surface area contributed by atoms with Crippen LogP contribution in [0.25, 0.3) is 0 Å². The maximum absolute atomic E-state index is 12.7. The third-order valence-corrected chi connectivity index (χ3v) is 4.37. The van der Waals surface area contributed by atoms with Gasteiger partial charge in [-0.05, 0) is 37.8 Å². The summed E-state index contributed by atoms with van der Waals surface area (Å²) in [5, 5.41) is 0. The monoisotopic (exact) mass is 290 g/mol. The average molecular weight is 290 g/mol. The number of hydrogen-bond donors (Lipinski definition) is 1. The van der Waals surface area contributed by atoms with Gasteiger partial charge in [-0.2, -0.15) is 0 Å². The third-order valence-electron chi connectivity index (χ3n) is 4.37. The molecule has 0 bridgehead atoms. The van der Waals surface area contributed by atoms with Crippen molar-refractivity contribution < 1.29 is 14.3 Å². The quantitative estimate of drug-likeness (QED) is 0.899. The Labute approximate surface area is 125 Å². The van der Waals surface area contributed by atoms with Crippen LogP contribution in [0.2, 0.25) is 0 Å². The first-order chi connectivity index (χ1) is 10.2. The van der Waals surface area contributed by atoms with E-state index < -0.39 is 0 Å². The number of piperidine rings is 1. The Kier molecular flexibility index (Phi) is 4.01. The predicted octanol–water partition coefficient (Wildman–Crippen LogP) is 1.66. The summed E-state index contributed by atoms with van der Waals surface area (Å²) in [6.07, 6.45) is 1.94. The van der Waals surface area contributed by atoms with Crippen LogP contribution >= 0.6 is 0 Å². The van der Waals surface area contributed by atoms with Crippen molar-refractivity contribution in [3.05, 3.63) is 23.8 Å². The van der Waals surface area contributed by atoms with Gasteiger partial charge in [0.2, 0.25) is 0 Å². The Morgan fingerprint density at radius 3 is 2.71 bits per heavy atom. The molecule has 0 saturated carbocycles. The van der Waals surface area contributed by atoms with Crippen LogP contribution in [0.1, 0.15) is 30.1 Å². The molecule has 0 aromatic heterocycles. The number of para-hydroxylation sites is 1. The van der Waals surface area contributed by atoms with Gasteiger partial charge in [0.25, 0.3) is 5.91 Å². The minimum absolute atomic E-state index is 0.0282. The first-order valence-corrected chi connectivity index (χ1v) is 7.60. The second kappa shape index (κ2) is 5.93. The number of nitrogens with zero attached hydrogens (tertiary/aromatic N) is 1. The van der Waals surface area contributed by atoms with Crippen LogP contribution in [0.15, 0.2) is 18.2 Å². The highest BCUT2D eigenvalue weighted by molar-refractivity contribution is 5.98. The Hall–Kier alpha value is -1.75. The summed E-state index contributed by atoms with van der Waals surface area (Å²) in [5.41, 5.74) is 6.55. The molecule has 2 aliphatic heterocycles. The molecule has 1 aromatic carbocycles. The molecule has 2 aliphatic rings. The molecule has 5 nitrogen and oxygen atoms in total. The SMILES string of the molecule is CC(N)C1CCN(C(=O)c2cccc3c2OCCO3)CC1. The van der Waals surface area contributed by atoms with Crippen molar-refractivity contribution in [2.24, 2.45) is 11.7 Å². The molecule has 1 amide bonds. The molecule has 0 spiro atoms. The molecule has 114 valence electrons. The second-order valence-electron chi connectivity index (χ2n) is 5.82. The van der Waals surface area contributed by atoms with E-state index in [-0.39, 0.29) is 11.9 Å². The first-order valence-electron chi connectivity index (χ1n) is 7.60. The van der Waals surface area contributed by atoms with Crippen molar-refractivity contribution in [1.29, 1.82) is 0 Å². The van der Waals surface area contributed by atoms with Gasteiger partial charge in [-0.3, -0.25) is 4.79 Å². The molecule has 0 radical (unpaired) electrons. The molecule has 1 saturated heterocycles. The van der Waals surface area contributed by atoms with Crippen LogP contribution in [-0.4, -0.2) is 43.2 Å². The number of nitrogens with two attached hydrogens (primary N) is 1. The molecule has 1 fully saturated rings. The van der Waals surface area contributed by atoms with Crippen molar-refractivity contribution in [3.63, 3.8) is 0 Å². The number of hydrogen-bond acceptors (Lipinski definition) is 4. The Morgan fingerprint density at radius 2 is 2.00 bits per heavy atom. The Bertz CT molecular complexity index is 522. The van der Waals surface area contributed by atoms with Crippen LogP contribution in [0.3, 0.4) is 0 Å². The van der Waals surface area contributed by atoms with Gasteiger partial charge in [0.1, 0.15) is 13.2 Å². The molecule has 21 heavy (non-hydrogen) atoms. The number of likely N-dealkylation sites (tertiary alicyclic amines) is 1. The van der Waals surface area contributed by atoms with Crippen molar-refractivity contribution in [3.8, 4) is 11.5 Å². The molecule has 1 aromatic rings. The van der Waals surface area contributed by atoms with E-state index in [0.717, 1.165) is 25.9 Å². The Morgan fingerprint density at radius 1 is 1.29 bits per heavy atom. The van der Waals surface area contributed by atoms with E-state index in [0.29, 0.717) is 36.2 Å². The zero-order chi connectivity index (χ0) is 14.8. The van der Waals surface area contributed by atoms with Gasteiger partial charge in [-0.25, -0.2) is 0 Å². The van der Waals surface area contributed by atoms with Crippen LogP contribution in [-0.2, 0) is 0 Å². The van der Waals surface area contributed by atoms with Gasteiger partial charge in [0.15, 0.2) is 11.5 Å². The molecule has 1 atom stereocenters. The highest BCUT2D eigenvalue weighted by atomic mass is 16.6. The fourth-order valence-corrected chi connectivity index (χ4v) is 3.04. The van der Waals surface area contributed by atoms with Gasteiger partial charge in [-0.15, -0.1) is 0 Å². The van der Waals surface area contributed by atoms with E-state index in [1.807, 2.05) is 30.0 Å². The first kappa shape index (κ1) is 14.2. The van der Waals surface area contributed by atoms with E-state index >= 15 is 0 Å². The maximum atomic E-state index is 12.7. The topological polar surface area (TPSA) is 64.8 Å². The lowest BCUT2D eigenvalue weighted by molar-refractivity contribution is 0.0671.